The molecule has 3 aromatic heterocycles. The first-order valence-corrected chi connectivity index (χ1v) is 9.66. The van der Waals surface area contributed by atoms with Crippen LogP contribution >= 0.6 is 11.6 Å². The van der Waals surface area contributed by atoms with Gasteiger partial charge in [-0.2, -0.15) is 5.10 Å². The molecule has 4 heterocycles. The smallest absolute Gasteiger partial charge is 0.482 e. The number of rotatable bonds is 4. The Bertz CT molecular complexity index is 991. The summed E-state index contributed by atoms with van der Waals surface area (Å²) in [5.41, 5.74) is 1.48. The highest BCUT2D eigenvalue weighted by molar-refractivity contribution is 6.62. The standard InChI is InChI=1S/C20H23BClN3O3/c1-13(16-8-6-7-9-23-16)26-17-10-14(12-25-18(17)15(22)11-24-25)21-27-19(2,3)20(4,5)28-21/h6-13H,1-5H3/t13-/m1/s1. The van der Waals surface area contributed by atoms with E-state index in [1.165, 1.54) is 0 Å². The monoisotopic (exact) mass is 399 g/mol. The molecule has 0 amide bonds. The first-order chi connectivity index (χ1) is 13.2. The molecule has 0 aliphatic carbocycles. The highest BCUT2D eigenvalue weighted by atomic mass is 35.5. The second-order valence-corrected chi connectivity index (χ2v) is 8.43. The van der Waals surface area contributed by atoms with E-state index in [0.717, 1.165) is 11.2 Å². The van der Waals surface area contributed by atoms with Crippen molar-refractivity contribution in [3.8, 4) is 5.75 Å². The largest absolute Gasteiger partial charge is 0.496 e. The Labute approximate surface area is 169 Å². The molecule has 0 spiro atoms. The molecule has 0 saturated carbocycles. The zero-order chi connectivity index (χ0) is 20.1. The molecule has 1 saturated heterocycles. The predicted octanol–water partition coefficient (Wildman–Crippen LogP) is 3.82. The van der Waals surface area contributed by atoms with Crippen LogP contribution in [0.3, 0.4) is 0 Å². The molecule has 0 radical (unpaired) electrons. The fourth-order valence-electron chi connectivity index (χ4n) is 3.13. The molecule has 28 heavy (non-hydrogen) atoms. The third-order valence-electron chi connectivity index (χ3n) is 5.49. The van der Waals surface area contributed by atoms with Crippen molar-refractivity contribution in [3.05, 3.63) is 53.6 Å². The van der Waals surface area contributed by atoms with Crippen LogP contribution in [0.25, 0.3) is 5.52 Å². The molecule has 3 aromatic rings. The van der Waals surface area contributed by atoms with Crippen molar-refractivity contribution < 1.29 is 14.0 Å². The maximum atomic E-state index is 6.37. The Morgan fingerprint density at radius 3 is 2.54 bits per heavy atom. The summed E-state index contributed by atoms with van der Waals surface area (Å²) in [6.45, 7) is 10.0. The lowest BCUT2D eigenvalue weighted by atomic mass is 9.80. The van der Waals surface area contributed by atoms with E-state index in [1.54, 1.807) is 16.9 Å². The van der Waals surface area contributed by atoms with Crippen molar-refractivity contribution in [2.45, 2.75) is 51.9 Å². The van der Waals surface area contributed by atoms with Gasteiger partial charge in [-0.05, 0) is 52.8 Å². The van der Waals surface area contributed by atoms with Crippen molar-refractivity contribution >= 4 is 29.7 Å². The van der Waals surface area contributed by atoms with Gasteiger partial charge in [0.15, 0.2) is 0 Å². The fraction of sp³-hybridized carbons (Fsp3) is 0.400. The molecule has 1 aliphatic rings. The van der Waals surface area contributed by atoms with Crippen molar-refractivity contribution in [3.63, 3.8) is 0 Å². The molecule has 4 rings (SSSR count). The van der Waals surface area contributed by atoms with Gasteiger partial charge in [-0.1, -0.05) is 17.7 Å². The minimum absolute atomic E-state index is 0.260. The van der Waals surface area contributed by atoms with Gasteiger partial charge < -0.3 is 14.0 Å². The SMILES string of the molecule is C[C@@H](Oc1cc(B2OC(C)(C)C(C)(C)O2)cn2ncc(Cl)c12)c1ccccn1. The van der Waals surface area contributed by atoms with E-state index in [4.69, 9.17) is 25.6 Å². The number of aromatic nitrogens is 3. The minimum Gasteiger partial charge on any atom is -0.482 e. The first kappa shape index (κ1) is 19.2. The number of nitrogens with zero attached hydrogens (tertiary/aromatic N) is 3. The number of hydrogen-bond donors (Lipinski definition) is 0. The molecule has 1 atom stereocenters. The van der Waals surface area contributed by atoms with Crippen molar-refractivity contribution in [2.24, 2.45) is 0 Å². The molecule has 0 N–H and O–H groups in total. The van der Waals surface area contributed by atoms with Crippen molar-refractivity contribution in [2.75, 3.05) is 0 Å². The van der Waals surface area contributed by atoms with E-state index >= 15 is 0 Å². The number of fused-ring (bicyclic) bond motifs is 1. The average molecular weight is 400 g/mol. The van der Waals surface area contributed by atoms with Gasteiger partial charge in [-0.25, -0.2) is 4.52 Å². The molecule has 8 heteroatoms. The zero-order valence-corrected chi connectivity index (χ0v) is 17.4. The number of halogens is 1. The highest BCUT2D eigenvalue weighted by Gasteiger charge is 2.52. The molecule has 0 aromatic carbocycles. The van der Waals surface area contributed by atoms with Crippen LogP contribution < -0.4 is 10.2 Å². The Hall–Kier alpha value is -2.09. The summed E-state index contributed by atoms with van der Waals surface area (Å²) in [6, 6.07) is 7.65. The van der Waals surface area contributed by atoms with E-state index in [9.17, 15) is 0 Å². The van der Waals surface area contributed by atoms with Gasteiger partial charge in [0.1, 0.15) is 17.4 Å². The summed E-state index contributed by atoms with van der Waals surface area (Å²) in [5, 5.41) is 4.86. The molecule has 6 nitrogen and oxygen atoms in total. The van der Waals surface area contributed by atoms with E-state index in [-0.39, 0.29) is 6.10 Å². The summed E-state index contributed by atoms with van der Waals surface area (Å²) in [7, 11) is -0.523. The Morgan fingerprint density at radius 1 is 1.18 bits per heavy atom. The maximum absolute atomic E-state index is 6.37. The maximum Gasteiger partial charge on any atom is 0.496 e. The van der Waals surface area contributed by atoms with Gasteiger partial charge in [-0.3, -0.25) is 4.98 Å². The van der Waals surface area contributed by atoms with Crippen LogP contribution in [0.1, 0.15) is 46.4 Å². The van der Waals surface area contributed by atoms with E-state index in [2.05, 4.69) is 10.1 Å². The summed E-state index contributed by atoms with van der Waals surface area (Å²) < 4.78 is 20.3. The Kier molecular flexibility index (Phi) is 4.64. The third kappa shape index (κ3) is 3.28. The summed E-state index contributed by atoms with van der Waals surface area (Å²) in [4.78, 5) is 4.37. The number of pyridine rings is 2. The second kappa shape index (κ2) is 6.76. The summed E-state index contributed by atoms with van der Waals surface area (Å²) >= 11 is 6.37. The van der Waals surface area contributed by atoms with Crippen molar-refractivity contribution in [1.29, 1.82) is 0 Å². The topological polar surface area (TPSA) is 57.9 Å². The van der Waals surface area contributed by atoms with Gasteiger partial charge in [0.2, 0.25) is 0 Å². The average Bonchev–Trinajstić information content (AvgIpc) is 3.12. The summed E-state index contributed by atoms with van der Waals surface area (Å²) in [6.07, 6.45) is 4.95. The van der Waals surface area contributed by atoms with Gasteiger partial charge in [0.25, 0.3) is 0 Å². The van der Waals surface area contributed by atoms with Crippen LogP contribution in [0.4, 0.5) is 0 Å². The molecule has 0 bridgehead atoms. The Morgan fingerprint density at radius 2 is 1.89 bits per heavy atom. The second-order valence-electron chi connectivity index (χ2n) is 8.03. The van der Waals surface area contributed by atoms with Gasteiger partial charge in [0.05, 0.1) is 28.1 Å². The van der Waals surface area contributed by atoms with Crippen LogP contribution in [0.5, 0.6) is 5.75 Å². The van der Waals surface area contributed by atoms with E-state index < -0.39 is 18.3 Å². The minimum atomic E-state index is -0.523. The van der Waals surface area contributed by atoms with Crippen LogP contribution in [0.15, 0.2) is 42.9 Å². The molecular formula is C20H23BClN3O3. The quantitative estimate of drug-likeness (QED) is 0.624. The Balaban J connectivity index is 1.73. The lowest BCUT2D eigenvalue weighted by molar-refractivity contribution is 0.00578. The normalized spacial score (nSPS) is 19.1. The number of ether oxygens (including phenoxy) is 1. The van der Waals surface area contributed by atoms with E-state index in [1.807, 2.05) is 65.1 Å². The van der Waals surface area contributed by atoms with E-state index in [0.29, 0.717) is 16.3 Å². The lowest BCUT2D eigenvalue weighted by Crippen LogP contribution is -2.41. The fourth-order valence-corrected chi connectivity index (χ4v) is 3.36. The third-order valence-corrected chi connectivity index (χ3v) is 5.76. The first-order valence-electron chi connectivity index (χ1n) is 9.28. The van der Waals surface area contributed by atoms with Gasteiger partial charge in [-0.15, -0.1) is 0 Å². The zero-order valence-electron chi connectivity index (χ0n) is 16.6. The molecule has 1 fully saturated rings. The van der Waals surface area contributed by atoms with Gasteiger partial charge >= 0.3 is 7.12 Å². The van der Waals surface area contributed by atoms with Crippen molar-refractivity contribution in [1.82, 2.24) is 14.6 Å². The van der Waals surface area contributed by atoms with Crippen LogP contribution in [-0.4, -0.2) is 32.9 Å². The summed E-state index contributed by atoms with van der Waals surface area (Å²) in [5.74, 6) is 0.605. The molecule has 1 aliphatic heterocycles. The van der Waals surface area contributed by atoms with Crippen LogP contribution in [0, 0.1) is 0 Å². The molecule has 0 unspecified atom stereocenters. The van der Waals surface area contributed by atoms with Crippen LogP contribution in [0.2, 0.25) is 5.02 Å². The predicted molar refractivity (Wildman–Crippen MR) is 109 cm³/mol. The van der Waals surface area contributed by atoms with Crippen LogP contribution in [-0.2, 0) is 9.31 Å². The molecular weight excluding hydrogens is 377 g/mol. The van der Waals surface area contributed by atoms with Gasteiger partial charge in [0, 0.05) is 17.9 Å². The highest BCUT2D eigenvalue weighted by Crippen LogP contribution is 2.37. The molecule has 146 valence electrons. The number of hydrogen-bond acceptors (Lipinski definition) is 5. The lowest BCUT2D eigenvalue weighted by Gasteiger charge is -2.32.